The van der Waals surface area contributed by atoms with E-state index in [0.717, 1.165) is 55.8 Å². The first-order valence-corrected chi connectivity index (χ1v) is 16.6. The van der Waals surface area contributed by atoms with Crippen LogP contribution in [0.5, 0.6) is 0 Å². The van der Waals surface area contributed by atoms with Crippen molar-refractivity contribution in [2.75, 3.05) is 0 Å². The number of hydrogen-bond donors (Lipinski definition) is 0. The maximum absolute atomic E-state index is 7.23. The Morgan fingerprint density at radius 3 is 2.16 bits per heavy atom. The Hall–Kier alpha value is -5.09. The molecule has 50 heavy (non-hydrogen) atoms. The van der Waals surface area contributed by atoms with Crippen LogP contribution in [-0.2, 0) is 20.1 Å². The third-order valence-corrected chi connectivity index (χ3v) is 8.72. The van der Waals surface area contributed by atoms with Gasteiger partial charge in [0.15, 0.2) is 0 Å². The number of para-hydroxylation sites is 3. The zero-order valence-corrected chi connectivity index (χ0v) is 30.8. The van der Waals surface area contributed by atoms with Crippen molar-refractivity contribution < 1.29 is 28.6 Å². The van der Waals surface area contributed by atoms with Crippen LogP contribution in [0, 0.1) is 19.2 Å². The van der Waals surface area contributed by atoms with Crippen molar-refractivity contribution in [2.24, 2.45) is 0 Å². The van der Waals surface area contributed by atoms with E-state index in [1.165, 1.54) is 23.0 Å². The normalized spacial score (nSPS) is 12.2. The first-order chi connectivity index (χ1) is 25.1. The molecular weight excluding hydrogens is 791 g/mol. The van der Waals surface area contributed by atoms with Crippen molar-refractivity contribution >= 4 is 22.0 Å². The molecule has 8 aromatic rings. The van der Waals surface area contributed by atoms with Crippen LogP contribution in [0.3, 0.4) is 0 Å². The van der Waals surface area contributed by atoms with E-state index in [1.54, 1.807) is 18.2 Å². The van der Waals surface area contributed by atoms with E-state index in [4.69, 9.17) is 13.5 Å². The molecular formula is C45H39IrN3O-2. The maximum Gasteiger partial charge on any atom is 0.0774 e. The molecule has 0 aliphatic rings. The second-order valence-electron chi connectivity index (χ2n) is 12.7. The van der Waals surface area contributed by atoms with Gasteiger partial charge in [0, 0.05) is 47.9 Å². The van der Waals surface area contributed by atoms with Crippen LogP contribution in [-0.4, -0.2) is 14.5 Å². The minimum absolute atomic E-state index is 0. The molecule has 5 aromatic carbocycles. The maximum atomic E-state index is 7.23. The van der Waals surface area contributed by atoms with Gasteiger partial charge in [-0.2, -0.15) is 0 Å². The molecule has 3 aromatic heterocycles. The average Bonchev–Trinajstić information content (AvgIpc) is 3.76. The van der Waals surface area contributed by atoms with E-state index in [2.05, 4.69) is 128 Å². The van der Waals surface area contributed by atoms with Crippen LogP contribution in [0.25, 0.3) is 61.5 Å². The van der Waals surface area contributed by atoms with E-state index in [9.17, 15) is 0 Å². The van der Waals surface area contributed by atoms with E-state index in [-0.39, 0.29) is 25.7 Å². The summed E-state index contributed by atoms with van der Waals surface area (Å²) in [6.45, 7) is 6.93. The topological polar surface area (TPSA) is 43.9 Å². The minimum Gasteiger partial charge on any atom is -0.557 e. The SMILES string of the molecule is CC(C)c1cccc(C(C)C)c1-n1c(-c2[c-]oc3cc(-c4ccccc4)ccc23)nc2ccccc21.[2H]C([2H])([2H])c1ccc(-c2[c-]cccc2)nc1.[Ir]. The van der Waals surface area contributed by atoms with Gasteiger partial charge < -0.3 is 14.0 Å². The number of aromatic nitrogens is 3. The van der Waals surface area contributed by atoms with Crippen molar-refractivity contribution in [2.45, 2.75) is 46.4 Å². The van der Waals surface area contributed by atoms with Crippen LogP contribution in [0.2, 0.25) is 0 Å². The average molecular weight is 833 g/mol. The first kappa shape index (κ1) is 30.9. The molecule has 0 saturated carbocycles. The van der Waals surface area contributed by atoms with Gasteiger partial charge >= 0.3 is 0 Å². The van der Waals surface area contributed by atoms with Crippen LogP contribution < -0.4 is 0 Å². The monoisotopic (exact) mass is 833 g/mol. The van der Waals surface area contributed by atoms with Crippen LogP contribution >= 0.6 is 0 Å². The summed E-state index contributed by atoms with van der Waals surface area (Å²) in [5.74, 6) is 1.59. The Morgan fingerprint density at radius 2 is 1.48 bits per heavy atom. The summed E-state index contributed by atoms with van der Waals surface area (Å²) in [4.78, 5) is 9.26. The zero-order chi connectivity index (χ0) is 36.4. The molecule has 0 saturated heterocycles. The molecule has 0 bridgehead atoms. The molecule has 3 heterocycles. The number of rotatable bonds is 6. The third kappa shape index (κ3) is 6.98. The van der Waals surface area contributed by atoms with Crippen molar-refractivity contribution in [1.29, 1.82) is 0 Å². The Bertz CT molecular complexity index is 2420. The quantitative estimate of drug-likeness (QED) is 0.157. The minimum atomic E-state index is -2.09. The Balaban J connectivity index is 0.000000238. The van der Waals surface area contributed by atoms with Crippen LogP contribution in [0.4, 0.5) is 0 Å². The number of nitrogens with zero attached hydrogens (tertiary/aromatic N) is 3. The summed E-state index contributed by atoms with van der Waals surface area (Å²) >= 11 is 0. The molecule has 0 unspecified atom stereocenters. The summed E-state index contributed by atoms with van der Waals surface area (Å²) in [6, 6.07) is 45.6. The van der Waals surface area contributed by atoms with E-state index in [1.807, 2.05) is 30.3 Å². The number of furan rings is 1. The standard InChI is InChI=1S/C33H29N2O.C12H10N.Ir/c1-21(2)25-13-10-14-26(22(3)4)32(25)35-30-16-9-8-15-29(30)34-33(35)28-20-36-31-19-24(17-18-27(28)31)23-11-6-5-7-12-23;1-10-7-8-12(13-9-10)11-5-3-2-4-6-11;/h5-19,21-22H,1-4H3;2-5,7-9H,1H3;/q2*-1;/i;1D3;. The second kappa shape index (κ2) is 15.2. The predicted octanol–water partition coefficient (Wildman–Crippen LogP) is 12.0. The van der Waals surface area contributed by atoms with Gasteiger partial charge in [0.1, 0.15) is 0 Å². The molecule has 8 rings (SSSR count). The summed E-state index contributed by atoms with van der Waals surface area (Å²) in [7, 11) is 0. The van der Waals surface area contributed by atoms with Gasteiger partial charge in [-0.1, -0.05) is 124 Å². The van der Waals surface area contributed by atoms with Gasteiger partial charge in [-0.25, -0.2) is 0 Å². The fourth-order valence-corrected chi connectivity index (χ4v) is 6.25. The summed E-state index contributed by atoms with van der Waals surface area (Å²) in [5.41, 5.74) is 11.7. The largest absolute Gasteiger partial charge is 0.557 e. The number of benzene rings is 5. The Kier molecular flexibility index (Phi) is 9.41. The van der Waals surface area contributed by atoms with Crippen LogP contribution in [0.15, 0.2) is 138 Å². The van der Waals surface area contributed by atoms with E-state index in [0.29, 0.717) is 11.8 Å². The molecule has 0 N–H and O–H groups in total. The molecule has 5 heteroatoms. The molecule has 0 spiro atoms. The molecule has 4 nitrogen and oxygen atoms in total. The van der Waals surface area contributed by atoms with Crippen molar-refractivity contribution in [1.82, 2.24) is 14.5 Å². The van der Waals surface area contributed by atoms with Crippen molar-refractivity contribution in [3.63, 3.8) is 0 Å². The van der Waals surface area contributed by atoms with Gasteiger partial charge in [0.2, 0.25) is 0 Å². The number of fused-ring (bicyclic) bond motifs is 2. The Morgan fingerprint density at radius 1 is 0.740 bits per heavy atom. The first-order valence-electron chi connectivity index (χ1n) is 18.1. The van der Waals surface area contributed by atoms with Gasteiger partial charge in [-0.15, -0.1) is 42.0 Å². The van der Waals surface area contributed by atoms with Crippen molar-refractivity contribution in [3.8, 4) is 39.5 Å². The molecule has 0 amide bonds. The summed E-state index contributed by atoms with van der Waals surface area (Å²) < 4.78 is 30.1. The third-order valence-electron chi connectivity index (χ3n) is 8.72. The van der Waals surface area contributed by atoms with Gasteiger partial charge in [-0.3, -0.25) is 4.98 Å². The summed E-state index contributed by atoms with van der Waals surface area (Å²) in [6.07, 6.45) is 4.61. The second-order valence-corrected chi connectivity index (χ2v) is 12.7. The fourth-order valence-electron chi connectivity index (χ4n) is 6.25. The molecule has 0 aliphatic carbocycles. The number of aryl methyl sites for hydroxylation is 1. The molecule has 0 fully saturated rings. The number of imidazole rings is 1. The fraction of sp³-hybridized carbons (Fsp3) is 0.156. The number of pyridine rings is 1. The molecule has 0 atom stereocenters. The van der Waals surface area contributed by atoms with E-state index >= 15 is 0 Å². The molecule has 1 radical (unpaired) electrons. The molecule has 0 aliphatic heterocycles. The van der Waals surface area contributed by atoms with Gasteiger partial charge in [-0.05, 0) is 64.3 Å². The summed E-state index contributed by atoms with van der Waals surface area (Å²) in [5, 5.41) is 1.01. The van der Waals surface area contributed by atoms with Gasteiger partial charge in [0.05, 0.1) is 16.9 Å². The van der Waals surface area contributed by atoms with E-state index < -0.39 is 6.85 Å². The number of hydrogen-bond acceptors (Lipinski definition) is 3. The smallest absolute Gasteiger partial charge is 0.0774 e. The van der Waals surface area contributed by atoms with Crippen molar-refractivity contribution in [3.05, 3.63) is 163 Å². The Labute approximate surface area is 312 Å². The molecule has 251 valence electrons. The van der Waals surface area contributed by atoms with Gasteiger partial charge in [0.25, 0.3) is 0 Å². The van der Waals surface area contributed by atoms with Crippen LogP contribution in [0.1, 0.15) is 60.3 Å². The zero-order valence-electron chi connectivity index (χ0n) is 31.4. The predicted molar refractivity (Wildman–Crippen MR) is 202 cm³/mol.